The van der Waals surface area contributed by atoms with Crippen molar-refractivity contribution in [1.29, 1.82) is 0 Å². The van der Waals surface area contributed by atoms with Crippen LogP contribution >= 0.6 is 12.4 Å². The lowest BCUT2D eigenvalue weighted by Crippen LogP contribution is -2.34. The SMILES string of the molecule is Cc1cccc(-n2cc(C(=O)N(C)CCC(N)C(C)C)nn2)c1.Cl. The van der Waals surface area contributed by atoms with Gasteiger partial charge in [0, 0.05) is 19.6 Å². The number of amides is 1. The summed E-state index contributed by atoms with van der Waals surface area (Å²) in [5, 5.41) is 8.04. The van der Waals surface area contributed by atoms with E-state index in [9.17, 15) is 4.79 Å². The van der Waals surface area contributed by atoms with Gasteiger partial charge < -0.3 is 10.6 Å². The molecule has 0 fully saturated rings. The average molecular weight is 352 g/mol. The summed E-state index contributed by atoms with van der Waals surface area (Å²) in [4.78, 5) is 14.1. The lowest BCUT2D eigenvalue weighted by Gasteiger charge is -2.20. The first-order valence-corrected chi connectivity index (χ1v) is 7.89. The third-order valence-corrected chi connectivity index (χ3v) is 3.98. The van der Waals surface area contributed by atoms with E-state index in [-0.39, 0.29) is 24.4 Å². The molecule has 0 radical (unpaired) electrons. The van der Waals surface area contributed by atoms with E-state index in [0.29, 0.717) is 18.2 Å². The molecular weight excluding hydrogens is 326 g/mol. The Morgan fingerprint density at radius 3 is 2.71 bits per heavy atom. The molecule has 1 aromatic heterocycles. The second kappa shape index (κ2) is 8.80. The highest BCUT2D eigenvalue weighted by molar-refractivity contribution is 5.91. The molecule has 6 nitrogen and oxygen atoms in total. The Kier molecular flexibility index (Phi) is 7.38. The normalized spacial score (nSPS) is 11.9. The second-order valence-corrected chi connectivity index (χ2v) is 6.31. The van der Waals surface area contributed by atoms with Crippen molar-refractivity contribution >= 4 is 18.3 Å². The fourth-order valence-corrected chi connectivity index (χ4v) is 2.23. The molecule has 2 rings (SSSR count). The number of rotatable bonds is 6. The number of nitrogens with two attached hydrogens (primary N) is 1. The van der Waals surface area contributed by atoms with E-state index >= 15 is 0 Å². The van der Waals surface area contributed by atoms with Crippen molar-refractivity contribution in [3.63, 3.8) is 0 Å². The maximum Gasteiger partial charge on any atom is 0.275 e. The van der Waals surface area contributed by atoms with Crippen LogP contribution in [0.15, 0.2) is 30.5 Å². The van der Waals surface area contributed by atoms with Crippen LogP contribution in [0.2, 0.25) is 0 Å². The summed E-state index contributed by atoms with van der Waals surface area (Å²) in [7, 11) is 1.76. The standard InChI is InChI=1S/C17H25N5O.ClH/c1-12(2)15(18)8-9-21(4)17(23)16-11-22(20-19-16)14-7-5-6-13(3)10-14;/h5-7,10-12,15H,8-9,18H2,1-4H3;1H. The van der Waals surface area contributed by atoms with Crippen LogP contribution in [0.5, 0.6) is 0 Å². The largest absolute Gasteiger partial charge is 0.340 e. The van der Waals surface area contributed by atoms with Crippen molar-refractivity contribution in [1.82, 2.24) is 19.9 Å². The Morgan fingerprint density at radius 2 is 2.08 bits per heavy atom. The number of carbonyl (C=O) groups excluding carboxylic acids is 1. The molecule has 0 aliphatic rings. The minimum Gasteiger partial charge on any atom is -0.340 e. The minimum atomic E-state index is -0.139. The summed E-state index contributed by atoms with van der Waals surface area (Å²) in [5.41, 5.74) is 8.39. The van der Waals surface area contributed by atoms with E-state index in [1.807, 2.05) is 31.2 Å². The summed E-state index contributed by atoms with van der Waals surface area (Å²) in [6, 6.07) is 7.98. The van der Waals surface area contributed by atoms with E-state index in [0.717, 1.165) is 17.7 Å². The molecule has 1 aromatic carbocycles. The zero-order valence-electron chi connectivity index (χ0n) is 14.6. The van der Waals surface area contributed by atoms with Crippen LogP contribution < -0.4 is 5.73 Å². The lowest BCUT2D eigenvalue weighted by atomic mass is 10.0. The topological polar surface area (TPSA) is 77.0 Å². The molecule has 0 spiro atoms. The van der Waals surface area contributed by atoms with Crippen LogP contribution in [0, 0.1) is 12.8 Å². The molecule has 1 atom stereocenters. The zero-order valence-corrected chi connectivity index (χ0v) is 15.5. The summed E-state index contributed by atoms with van der Waals surface area (Å²) >= 11 is 0. The molecular formula is C17H26ClN5O. The highest BCUT2D eigenvalue weighted by atomic mass is 35.5. The van der Waals surface area contributed by atoms with Gasteiger partial charge in [0.1, 0.15) is 0 Å². The predicted octanol–water partition coefficient (Wildman–Crippen LogP) is 2.44. The van der Waals surface area contributed by atoms with Gasteiger partial charge in [0.2, 0.25) is 0 Å². The van der Waals surface area contributed by atoms with Crippen molar-refractivity contribution in [2.24, 2.45) is 11.7 Å². The number of aryl methyl sites for hydroxylation is 1. The van der Waals surface area contributed by atoms with Gasteiger partial charge in [0.15, 0.2) is 5.69 Å². The fourth-order valence-electron chi connectivity index (χ4n) is 2.23. The van der Waals surface area contributed by atoms with Crippen LogP contribution in [0.25, 0.3) is 5.69 Å². The van der Waals surface area contributed by atoms with Crippen molar-refractivity contribution in [3.05, 3.63) is 41.7 Å². The quantitative estimate of drug-likeness (QED) is 0.867. The molecule has 132 valence electrons. The Balaban J connectivity index is 0.00000288. The molecule has 1 amide bonds. The summed E-state index contributed by atoms with van der Waals surface area (Å²) in [6.07, 6.45) is 2.43. The van der Waals surface area contributed by atoms with Crippen LogP contribution in [-0.4, -0.2) is 45.4 Å². The molecule has 0 aliphatic heterocycles. The van der Waals surface area contributed by atoms with Gasteiger partial charge in [-0.2, -0.15) is 0 Å². The number of hydrogen-bond donors (Lipinski definition) is 1. The third-order valence-electron chi connectivity index (χ3n) is 3.98. The fraction of sp³-hybridized carbons (Fsp3) is 0.471. The number of hydrogen-bond acceptors (Lipinski definition) is 4. The maximum absolute atomic E-state index is 12.4. The van der Waals surface area contributed by atoms with Gasteiger partial charge in [-0.25, -0.2) is 4.68 Å². The highest BCUT2D eigenvalue weighted by Crippen LogP contribution is 2.10. The van der Waals surface area contributed by atoms with Gasteiger partial charge >= 0.3 is 0 Å². The first-order valence-electron chi connectivity index (χ1n) is 7.89. The zero-order chi connectivity index (χ0) is 17.0. The smallest absolute Gasteiger partial charge is 0.275 e. The van der Waals surface area contributed by atoms with E-state index in [1.165, 1.54) is 0 Å². The summed E-state index contributed by atoms with van der Waals surface area (Å²) < 4.78 is 1.62. The molecule has 2 aromatic rings. The Labute approximate surface area is 149 Å². The number of carbonyl (C=O) groups is 1. The maximum atomic E-state index is 12.4. The number of benzene rings is 1. The van der Waals surface area contributed by atoms with Crippen molar-refractivity contribution in [2.45, 2.75) is 33.2 Å². The first-order chi connectivity index (χ1) is 10.9. The molecule has 7 heteroatoms. The Hall–Kier alpha value is -1.92. The van der Waals surface area contributed by atoms with Crippen LogP contribution in [0.1, 0.15) is 36.3 Å². The van der Waals surface area contributed by atoms with Gasteiger partial charge in [-0.1, -0.05) is 31.2 Å². The molecule has 1 heterocycles. The molecule has 24 heavy (non-hydrogen) atoms. The van der Waals surface area contributed by atoms with Gasteiger partial charge in [-0.3, -0.25) is 4.79 Å². The van der Waals surface area contributed by atoms with Crippen molar-refractivity contribution in [3.8, 4) is 5.69 Å². The Bertz CT molecular complexity index is 671. The molecule has 0 bridgehead atoms. The molecule has 0 saturated heterocycles. The Morgan fingerprint density at radius 1 is 1.38 bits per heavy atom. The second-order valence-electron chi connectivity index (χ2n) is 6.31. The van der Waals surface area contributed by atoms with Gasteiger partial charge in [0.25, 0.3) is 5.91 Å². The van der Waals surface area contributed by atoms with Crippen molar-refractivity contribution in [2.75, 3.05) is 13.6 Å². The predicted molar refractivity (Wildman–Crippen MR) is 97.7 cm³/mol. The van der Waals surface area contributed by atoms with Gasteiger partial charge in [-0.05, 0) is 37.0 Å². The van der Waals surface area contributed by atoms with Gasteiger partial charge in [0.05, 0.1) is 11.9 Å². The van der Waals surface area contributed by atoms with E-state index < -0.39 is 0 Å². The molecule has 0 saturated carbocycles. The van der Waals surface area contributed by atoms with E-state index in [2.05, 4.69) is 24.2 Å². The number of nitrogens with zero attached hydrogens (tertiary/aromatic N) is 4. The third kappa shape index (κ3) is 5.04. The summed E-state index contributed by atoms with van der Waals surface area (Å²) in [5.74, 6) is 0.264. The van der Waals surface area contributed by atoms with Crippen LogP contribution in [0.4, 0.5) is 0 Å². The summed E-state index contributed by atoms with van der Waals surface area (Å²) in [6.45, 7) is 6.79. The van der Waals surface area contributed by atoms with E-state index in [4.69, 9.17) is 5.73 Å². The van der Waals surface area contributed by atoms with E-state index in [1.54, 1.807) is 22.8 Å². The lowest BCUT2D eigenvalue weighted by molar-refractivity contribution is 0.0783. The van der Waals surface area contributed by atoms with Crippen LogP contribution in [-0.2, 0) is 0 Å². The van der Waals surface area contributed by atoms with Gasteiger partial charge in [-0.15, -0.1) is 17.5 Å². The highest BCUT2D eigenvalue weighted by Gasteiger charge is 2.17. The number of halogens is 1. The minimum absolute atomic E-state index is 0. The number of aromatic nitrogens is 3. The van der Waals surface area contributed by atoms with Crippen LogP contribution in [0.3, 0.4) is 0 Å². The molecule has 0 aliphatic carbocycles. The first kappa shape index (κ1) is 20.1. The van der Waals surface area contributed by atoms with Crippen molar-refractivity contribution < 1.29 is 4.79 Å². The monoisotopic (exact) mass is 351 g/mol. The molecule has 1 unspecified atom stereocenters. The average Bonchev–Trinajstić information content (AvgIpc) is 3.01. The molecule has 2 N–H and O–H groups in total.